The van der Waals surface area contributed by atoms with Gasteiger partial charge in [0.1, 0.15) is 0 Å². The number of ether oxygens (including phenoxy) is 1. The fourth-order valence-electron chi connectivity index (χ4n) is 3.78. The van der Waals surface area contributed by atoms with Crippen molar-refractivity contribution in [3.05, 3.63) is 90.0 Å². The van der Waals surface area contributed by atoms with E-state index in [4.69, 9.17) is 4.74 Å². The molecule has 170 valence electrons. The predicted molar refractivity (Wildman–Crippen MR) is 126 cm³/mol. The molecule has 0 saturated carbocycles. The summed E-state index contributed by atoms with van der Waals surface area (Å²) in [6.45, 7) is 0.193. The average Bonchev–Trinajstić information content (AvgIpc) is 2.86. The molecule has 33 heavy (non-hydrogen) atoms. The summed E-state index contributed by atoms with van der Waals surface area (Å²) < 4.78 is 32.1. The quantitative estimate of drug-likeness (QED) is 0.520. The third-order valence-corrected chi connectivity index (χ3v) is 7.41. The van der Waals surface area contributed by atoms with Crippen LogP contribution in [0.2, 0.25) is 0 Å². The summed E-state index contributed by atoms with van der Waals surface area (Å²) >= 11 is 0. The van der Waals surface area contributed by atoms with E-state index in [1.165, 1.54) is 35.6 Å². The average molecular weight is 465 g/mol. The Kier molecular flexibility index (Phi) is 6.46. The summed E-state index contributed by atoms with van der Waals surface area (Å²) in [6, 6.07) is 21.9. The van der Waals surface area contributed by atoms with Gasteiger partial charge in [-0.15, -0.1) is 0 Å². The molecule has 1 aliphatic heterocycles. The van der Waals surface area contributed by atoms with E-state index >= 15 is 0 Å². The van der Waals surface area contributed by atoms with Gasteiger partial charge in [-0.1, -0.05) is 36.4 Å². The first-order chi connectivity index (χ1) is 15.9. The lowest BCUT2D eigenvalue weighted by Gasteiger charge is -2.29. The maximum Gasteiger partial charge on any atom is 0.338 e. The van der Waals surface area contributed by atoms with Crippen LogP contribution in [-0.2, 0) is 26.0 Å². The monoisotopic (exact) mass is 464 g/mol. The van der Waals surface area contributed by atoms with Crippen LogP contribution in [-0.4, -0.2) is 40.5 Å². The van der Waals surface area contributed by atoms with Crippen molar-refractivity contribution < 1.29 is 22.7 Å². The Hall–Kier alpha value is -3.65. The van der Waals surface area contributed by atoms with Crippen LogP contribution < -0.4 is 9.21 Å². The highest BCUT2D eigenvalue weighted by Gasteiger charge is 2.24. The second-order valence-corrected chi connectivity index (χ2v) is 9.66. The molecule has 0 bridgehead atoms. The highest BCUT2D eigenvalue weighted by molar-refractivity contribution is 7.92. The smallest absolute Gasteiger partial charge is 0.338 e. The first-order valence-corrected chi connectivity index (χ1v) is 12.0. The molecule has 3 aromatic carbocycles. The minimum Gasteiger partial charge on any atom is -0.452 e. The topological polar surface area (TPSA) is 84.0 Å². The zero-order valence-electron chi connectivity index (χ0n) is 18.2. The number of sulfonamides is 1. The van der Waals surface area contributed by atoms with Gasteiger partial charge in [0, 0.05) is 19.3 Å². The van der Waals surface area contributed by atoms with E-state index in [-0.39, 0.29) is 23.0 Å². The van der Waals surface area contributed by atoms with Crippen molar-refractivity contribution in [1.29, 1.82) is 0 Å². The summed E-state index contributed by atoms with van der Waals surface area (Å²) in [4.78, 5) is 26.8. The number of para-hydroxylation sites is 2. The number of hydrogen-bond acceptors (Lipinski definition) is 5. The van der Waals surface area contributed by atoms with Gasteiger partial charge in [0.2, 0.25) is 0 Å². The SMILES string of the molecule is CN(c1ccccc1)S(=O)(=O)c1ccc(C(=O)OCC(=O)N2CCCc3ccccc32)cc1. The van der Waals surface area contributed by atoms with Crippen LogP contribution in [0.15, 0.2) is 83.8 Å². The number of rotatable bonds is 6. The van der Waals surface area contributed by atoms with Gasteiger partial charge in [0.05, 0.1) is 16.1 Å². The molecule has 0 aliphatic carbocycles. The van der Waals surface area contributed by atoms with E-state index < -0.39 is 16.0 Å². The highest BCUT2D eigenvalue weighted by atomic mass is 32.2. The summed E-state index contributed by atoms with van der Waals surface area (Å²) in [5.41, 5.74) is 2.64. The lowest BCUT2D eigenvalue weighted by molar-refractivity contribution is -0.121. The van der Waals surface area contributed by atoms with Crippen molar-refractivity contribution >= 4 is 33.3 Å². The predicted octanol–water partition coefficient (Wildman–Crippen LogP) is 3.65. The molecule has 1 aliphatic rings. The number of fused-ring (bicyclic) bond motifs is 1. The maximum absolute atomic E-state index is 12.9. The number of anilines is 2. The molecule has 0 aromatic heterocycles. The zero-order chi connectivity index (χ0) is 23.4. The number of nitrogens with zero attached hydrogens (tertiary/aromatic N) is 2. The molecule has 0 N–H and O–H groups in total. The number of amides is 1. The minimum atomic E-state index is -3.78. The van der Waals surface area contributed by atoms with Crippen molar-refractivity contribution in [1.82, 2.24) is 0 Å². The van der Waals surface area contributed by atoms with Crippen LogP contribution in [0.4, 0.5) is 11.4 Å². The Balaban J connectivity index is 1.40. The number of esters is 1. The number of hydrogen-bond donors (Lipinski definition) is 0. The van der Waals surface area contributed by atoms with Crippen LogP contribution in [0.5, 0.6) is 0 Å². The van der Waals surface area contributed by atoms with Crippen LogP contribution >= 0.6 is 0 Å². The molecule has 0 unspecified atom stereocenters. The summed E-state index contributed by atoms with van der Waals surface area (Å²) in [7, 11) is -2.31. The standard InChI is InChI=1S/C25H24N2O5S/c1-26(21-10-3-2-4-11-21)33(30,31)22-15-13-20(14-16-22)25(29)32-18-24(28)27-17-7-9-19-8-5-6-12-23(19)27/h2-6,8,10-16H,7,9,17-18H2,1H3. The minimum absolute atomic E-state index is 0.0476. The Morgan fingerprint density at radius 3 is 2.33 bits per heavy atom. The van der Waals surface area contributed by atoms with E-state index in [2.05, 4.69) is 0 Å². The Morgan fingerprint density at radius 2 is 1.61 bits per heavy atom. The largest absolute Gasteiger partial charge is 0.452 e. The molecule has 1 amide bonds. The Morgan fingerprint density at radius 1 is 0.939 bits per heavy atom. The summed E-state index contributed by atoms with van der Waals surface area (Å²) in [6.07, 6.45) is 1.76. The highest BCUT2D eigenvalue weighted by Crippen LogP contribution is 2.27. The van der Waals surface area contributed by atoms with Crippen LogP contribution in [0.1, 0.15) is 22.3 Å². The van der Waals surface area contributed by atoms with Crippen molar-refractivity contribution in [2.45, 2.75) is 17.7 Å². The van der Waals surface area contributed by atoms with Gasteiger partial charge >= 0.3 is 5.97 Å². The fourth-order valence-corrected chi connectivity index (χ4v) is 4.97. The van der Waals surface area contributed by atoms with Gasteiger partial charge in [-0.25, -0.2) is 13.2 Å². The second kappa shape index (κ2) is 9.46. The molecular weight excluding hydrogens is 440 g/mol. The molecular formula is C25H24N2O5S. The molecule has 0 spiro atoms. The van der Waals surface area contributed by atoms with Crippen molar-refractivity contribution in [2.75, 3.05) is 29.4 Å². The van der Waals surface area contributed by atoms with Gasteiger partial charge in [0.15, 0.2) is 6.61 Å². The molecule has 0 radical (unpaired) electrons. The third-order valence-electron chi connectivity index (χ3n) is 5.61. The Bertz CT molecular complexity index is 1260. The van der Waals surface area contributed by atoms with Crippen molar-refractivity contribution in [2.24, 2.45) is 0 Å². The van der Waals surface area contributed by atoms with Crippen LogP contribution in [0, 0.1) is 0 Å². The lowest BCUT2D eigenvalue weighted by Crippen LogP contribution is -2.38. The fraction of sp³-hybridized carbons (Fsp3) is 0.200. The number of benzene rings is 3. The molecule has 0 saturated heterocycles. The summed E-state index contributed by atoms with van der Waals surface area (Å²) in [5, 5.41) is 0. The molecule has 1 heterocycles. The van der Waals surface area contributed by atoms with Gasteiger partial charge in [-0.05, 0) is 60.9 Å². The molecule has 4 rings (SSSR count). The van der Waals surface area contributed by atoms with E-state index in [0.717, 1.165) is 24.1 Å². The number of aryl methyl sites for hydroxylation is 1. The third kappa shape index (κ3) is 4.75. The van der Waals surface area contributed by atoms with Crippen LogP contribution in [0.25, 0.3) is 0 Å². The van der Waals surface area contributed by atoms with Crippen LogP contribution in [0.3, 0.4) is 0 Å². The first-order valence-electron chi connectivity index (χ1n) is 10.6. The molecule has 7 nitrogen and oxygen atoms in total. The summed E-state index contributed by atoms with van der Waals surface area (Å²) in [5.74, 6) is -0.979. The molecule has 0 fully saturated rings. The Labute approximate surface area is 193 Å². The van der Waals surface area contributed by atoms with Gasteiger partial charge in [-0.2, -0.15) is 0 Å². The van der Waals surface area contributed by atoms with Crippen molar-refractivity contribution in [3.8, 4) is 0 Å². The van der Waals surface area contributed by atoms with E-state index in [9.17, 15) is 18.0 Å². The molecule has 8 heteroatoms. The van der Waals surface area contributed by atoms with E-state index in [0.29, 0.717) is 12.2 Å². The normalized spacial score (nSPS) is 13.2. The lowest BCUT2D eigenvalue weighted by atomic mass is 10.0. The first kappa shape index (κ1) is 22.5. The van der Waals surface area contributed by atoms with E-state index in [1.54, 1.807) is 35.2 Å². The van der Waals surface area contributed by atoms with Gasteiger partial charge in [0.25, 0.3) is 15.9 Å². The molecule has 3 aromatic rings. The zero-order valence-corrected chi connectivity index (χ0v) is 19.0. The van der Waals surface area contributed by atoms with E-state index in [1.807, 2.05) is 24.3 Å². The number of carbonyl (C=O) groups excluding carboxylic acids is 2. The van der Waals surface area contributed by atoms with Gasteiger partial charge in [-0.3, -0.25) is 9.10 Å². The van der Waals surface area contributed by atoms with Crippen molar-refractivity contribution in [3.63, 3.8) is 0 Å². The molecule has 0 atom stereocenters. The second-order valence-electron chi connectivity index (χ2n) is 7.69. The van der Waals surface area contributed by atoms with Gasteiger partial charge < -0.3 is 9.64 Å². The number of carbonyl (C=O) groups is 2. The maximum atomic E-state index is 12.9.